The summed E-state index contributed by atoms with van der Waals surface area (Å²) in [6.45, 7) is 19.4. The Labute approximate surface area is 514 Å². The van der Waals surface area contributed by atoms with Crippen LogP contribution in [0, 0.1) is 29.1 Å². The molecule has 0 spiro atoms. The van der Waals surface area contributed by atoms with Crippen molar-refractivity contribution in [3.63, 3.8) is 0 Å². The zero-order valence-corrected chi connectivity index (χ0v) is 50.9. The van der Waals surface area contributed by atoms with Crippen LogP contribution in [-0.4, -0.2) is 20.8 Å². The van der Waals surface area contributed by atoms with Gasteiger partial charge in [0.25, 0.3) is 0 Å². The lowest BCUT2D eigenvalue weighted by Gasteiger charge is -2.30. The molecule has 10 aromatic carbocycles. The molecule has 1 aliphatic heterocycles. The number of aromatic nitrogens is 3. The number of hydrogen-bond donors (Lipinski definition) is 0. The van der Waals surface area contributed by atoms with Crippen LogP contribution < -0.4 is 14.5 Å². The second-order valence-corrected chi connectivity index (χ2v) is 26.4. The average Bonchev–Trinajstić information content (AvgIpc) is 1.76. The van der Waals surface area contributed by atoms with Crippen LogP contribution in [-0.2, 0) is 16.2 Å². The fourth-order valence-electron chi connectivity index (χ4n) is 12.8. The van der Waals surface area contributed by atoms with E-state index in [2.05, 4.69) is 161 Å². The fraction of sp³-hybridized carbons (Fsp3) is 0.167. The van der Waals surface area contributed by atoms with Crippen LogP contribution in [0.5, 0.6) is 11.5 Å². The zero-order chi connectivity index (χ0) is 62.0. The molecule has 1 aliphatic rings. The third kappa shape index (κ3) is 9.75. The number of nitrogens with zero attached hydrogens (tertiary/aromatic N) is 5. The van der Waals surface area contributed by atoms with Crippen LogP contribution in [0.15, 0.2) is 212 Å². The van der Waals surface area contributed by atoms with Gasteiger partial charge in [-0.2, -0.15) is 0 Å². The molecule has 0 N–H and O–H groups in total. The third-order valence-electron chi connectivity index (χ3n) is 17.4. The zero-order valence-electron chi connectivity index (χ0n) is 50.9. The number of rotatable bonds is 9. The molecule has 89 heavy (non-hydrogen) atoms. The van der Waals surface area contributed by atoms with E-state index in [1.165, 1.54) is 0 Å². The van der Waals surface area contributed by atoms with Crippen molar-refractivity contribution in [2.24, 2.45) is 0 Å². The van der Waals surface area contributed by atoms with Crippen molar-refractivity contribution in [3.8, 4) is 56.4 Å². The fourth-order valence-corrected chi connectivity index (χ4v) is 12.8. The van der Waals surface area contributed by atoms with E-state index in [0.717, 1.165) is 71.8 Å². The van der Waals surface area contributed by atoms with Gasteiger partial charge in [-0.05, 0) is 122 Å². The lowest BCUT2D eigenvalue weighted by Crippen LogP contribution is -2.25. The molecule has 0 saturated heterocycles. The predicted octanol–water partition coefficient (Wildman–Crippen LogP) is 21.9. The highest BCUT2D eigenvalue weighted by Crippen LogP contribution is 2.54. The molecule has 0 unspecified atom stereocenters. The molecule has 14 rings (SSSR count). The number of hydrogen-bond acceptors (Lipinski definition) is 4. The van der Waals surface area contributed by atoms with Crippen molar-refractivity contribution < 1.29 is 26.7 Å². The monoisotopic (exact) mass is 1180 g/mol. The van der Waals surface area contributed by atoms with Crippen LogP contribution in [0.4, 0.5) is 44.7 Å². The van der Waals surface area contributed by atoms with Gasteiger partial charge in [-0.15, -0.1) is 0 Å². The molecule has 0 atom stereocenters. The van der Waals surface area contributed by atoms with E-state index in [1.807, 2.05) is 126 Å². The highest BCUT2D eigenvalue weighted by Gasteiger charge is 2.37. The lowest BCUT2D eigenvalue weighted by molar-refractivity contribution is 0.381. The molecule has 0 radical (unpaired) electrons. The Balaban J connectivity index is 1.01. The third-order valence-corrected chi connectivity index (χ3v) is 17.4. The summed E-state index contributed by atoms with van der Waals surface area (Å²) in [6, 6.07) is 68.2. The van der Waals surface area contributed by atoms with Gasteiger partial charge in [-0.1, -0.05) is 178 Å². The van der Waals surface area contributed by atoms with Crippen LogP contribution in [0.1, 0.15) is 79.0 Å². The Hall–Kier alpha value is -10.0. The first-order valence-corrected chi connectivity index (χ1v) is 30.0. The minimum Gasteiger partial charge on any atom is -0.457 e. The maximum atomic E-state index is 17.1. The number of halogens is 5. The van der Waals surface area contributed by atoms with E-state index in [-0.39, 0.29) is 34.2 Å². The average molecular weight is 1180 g/mol. The van der Waals surface area contributed by atoms with Gasteiger partial charge in [0.05, 0.1) is 50.4 Å². The van der Waals surface area contributed by atoms with Gasteiger partial charge < -0.3 is 19.1 Å². The van der Waals surface area contributed by atoms with Gasteiger partial charge in [0.15, 0.2) is 23.3 Å². The first kappa shape index (κ1) is 56.8. The number of para-hydroxylation sites is 5. The number of anilines is 4. The molecule has 3 aromatic heterocycles. The summed E-state index contributed by atoms with van der Waals surface area (Å²) < 4.78 is 93.0. The molecular weight excluding hydrogens is 1120 g/mol. The number of pyridine rings is 1. The maximum Gasteiger partial charge on any atom is 0.200 e. The van der Waals surface area contributed by atoms with Gasteiger partial charge in [0, 0.05) is 62.8 Å². The first-order chi connectivity index (χ1) is 42.6. The minimum absolute atomic E-state index is 0.0211. The van der Waals surface area contributed by atoms with Crippen LogP contribution in [0.25, 0.3) is 88.5 Å². The smallest absolute Gasteiger partial charge is 0.200 e. The van der Waals surface area contributed by atoms with Crippen molar-refractivity contribution in [2.45, 2.75) is 78.6 Å². The second kappa shape index (κ2) is 21.1. The van der Waals surface area contributed by atoms with Gasteiger partial charge in [-0.25, -0.2) is 26.9 Å². The van der Waals surface area contributed by atoms with Gasteiger partial charge in [-0.3, -0.25) is 4.57 Å². The van der Waals surface area contributed by atoms with Crippen molar-refractivity contribution in [1.29, 1.82) is 0 Å². The minimum atomic E-state index is -2.23. The Morgan fingerprint density at radius 1 is 0.371 bits per heavy atom. The van der Waals surface area contributed by atoms with E-state index in [4.69, 9.17) is 9.72 Å². The second-order valence-electron chi connectivity index (χ2n) is 26.4. The maximum absolute atomic E-state index is 17.1. The summed E-state index contributed by atoms with van der Waals surface area (Å²) in [6.07, 6.45) is 1.86. The van der Waals surface area contributed by atoms with Crippen molar-refractivity contribution in [3.05, 3.63) is 258 Å². The summed E-state index contributed by atoms with van der Waals surface area (Å²) in [5.41, 5.74) is 10.4. The number of benzene rings is 10. The molecule has 442 valence electrons. The van der Waals surface area contributed by atoms with Crippen molar-refractivity contribution in [2.75, 3.05) is 16.5 Å². The summed E-state index contributed by atoms with van der Waals surface area (Å²) >= 11 is 0. The van der Waals surface area contributed by atoms with Gasteiger partial charge >= 0.3 is 0 Å². The van der Waals surface area contributed by atoms with E-state index >= 15 is 22.0 Å². The quantitative estimate of drug-likeness (QED) is 0.0820. The molecule has 0 aliphatic carbocycles. The summed E-state index contributed by atoms with van der Waals surface area (Å²) in [4.78, 5) is 8.99. The highest BCUT2D eigenvalue weighted by atomic mass is 19.2. The first-order valence-electron chi connectivity index (χ1n) is 30.0. The van der Waals surface area contributed by atoms with E-state index < -0.39 is 34.6 Å². The Morgan fingerprint density at radius 3 is 1.47 bits per heavy atom. The molecular formula is C78H64F5N5O. The summed E-state index contributed by atoms with van der Waals surface area (Å²) in [5.74, 6) is -8.31. The van der Waals surface area contributed by atoms with Crippen LogP contribution >= 0.6 is 0 Å². The summed E-state index contributed by atoms with van der Waals surface area (Å²) in [7, 11) is 0. The topological polar surface area (TPSA) is 38.5 Å². The molecule has 0 bridgehead atoms. The van der Waals surface area contributed by atoms with Crippen molar-refractivity contribution >= 4 is 66.4 Å². The molecule has 0 fully saturated rings. The van der Waals surface area contributed by atoms with Gasteiger partial charge in [0.1, 0.15) is 24.0 Å². The predicted molar refractivity (Wildman–Crippen MR) is 354 cm³/mol. The number of ether oxygens (including phenoxy) is 1. The van der Waals surface area contributed by atoms with Crippen LogP contribution in [0.3, 0.4) is 0 Å². The molecule has 6 nitrogen and oxygen atoms in total. The van der Waals surface area contributed by atoms with Crippen LogP contribution in [0.2, 0.25) is 0 Å². The largest absolute Gasteiger partial charge is 0.457 e. The number of fused-ring (bicyclic) bond motifs is 7. The normalized spacial score (nSPS) is 13.0. The SMILES string of the molecule is CC(C)(C)c1cc(-c2cc(-c3ccccc3)cc(-c3c(F)c(F)c(F)c(F)c3F)c2N2CN(c3cc(Oc4ccc5c6ccccc6n(-c6cc(C(C)(C)C)ccn6)c5c4)cc(-n4c5ccccc5c5ccccc54)c3)c3ccccc32)cc(C(C)(C)C)c1. The molecule has 11 heteroatoms. The standard InChI is InChI=1S/C78H64F5N5O/c1-76(2,3)49-33-34-84-68(40-49)88-64-28-18-15-25-58(64)59-32-31-54(44-67(59)88)89-55-42-52(41-53(43-55)87-62-26-16-13-23-56(62)57-24-14-17-27-63(57)87)85-45-86(66-30-20-19-29-65(66)85)75-60(48-35-50(77(4,5)6)39-51(36-48)78(7,8)9)37-47(46-21-11-10-12-22-46)38-61(75)69-70(79)72(81)74(83)73(82)71(69)80/h10-44H,45H2,1-9H3. The molecule has 0 amide bonds. The molecule has 0 saturated carbocycles. The van der Waals surface area contributed by atoms with E-state index in [1.54, 1.807) is 6.07 Å². The van der Waals surface area contributed by atoms with Crippen molar-refractivity contribution in [1.82, 2.24) is 14.1 Å². The summed E-state index contributed by atoms with van der Waals surface area (Å²) in [5, 5.41) is 4.23. The molecule has 4 heterocycles. The Kier molecular flexibility index (Phi) is 13.5. The van der Waals surface area contributed by atoms with E-state index in [0.29, 0.717) is 50.8 Å². The van der Waals surface area contributed by atoms with Gasteiger partial charge in [0.2, 0.25) is 5.82 Å². The lowest BCUT2D eigenvalue weighted by atomic mass is 9.78. The van der Waals surface area contributed by atoms with E-state index in [9.17, 15) is 0 Å². The Bertz CT molecular complexity index is 4890. The molecule has 13 aromatic rings. The highest BCUT2D eigenvalue weighted by molar-refractivity contribution is 6.11. The Morgan fingerprint density at radius 2 is 0.876 bits per heavy atom.